The van der Waals surface area contributed by atoms with Crippen molar-refractivity contribution >= 4 is 46.5 Å². The first-order chi connectivity index (χ1) is 19.1. The molecule has 2 aromatic carbocycles. The van der Waals surface area contributed by atoms with E-state index < -0.39 is 56.0 Å². The van der Waals surface area contributed by atoms with Crippen LogP contribution in [0.25, 0.3) is 16.8 Å². The van der Waals surface area contributed by atoms with Crippen LogP contribution in [-0.2, 0) is 23.4 Å². The molecule has 0 aliphatic carbocycles. The van der Waals surface area contributed by atoms with Gasteiger partial charge in [0.15, 0.2) is 0 Å². The maximum Gasteiger partial charge on any atom is 0.459 e. The summed E-state index contributed by atoms with van der Waals surface area (Å²) in [7, 11) is -4.26. The fraction of sp³-hybridized carbons (Fsp3) is 0.346. The molecule has 1 unspecified atom stereocenters. The summed E-state index contributed by atoms with van der Waals surface area (Å²) in [5, 5.41) is 14.8. The van der Waals surface area contributed by atoms with Gasteiger partial charge in [-0.1, -0.05) is 52.3 Å². The van der Waals surface area contributed by atoms with Crippen LogP contribution >= 0.6 is 23.7 Å². The van der Waals surface area contributed by atoms with Gasteiger partial charge >= 0.3 is 19.4 Å². The third-order valence-electron chi connectivity index (χ3n) is 6.12. The number of nitrogens with zero attached hydrogens (tertiary/aromatic N) is 1. The number of fused-ring (bicyclic) bond motifs is 1. The summed E-state index contributed by atoms with van der Waals surface area (Å²) >= 11 is 3.09. The normalized spacial score (nSPS) is 21.4. The van der Waals surface area contributed by atoms with Crippen molar-refractivity contribution < 1.29 is 33.0 Å². The number of aliphatic hydroxyl groups excluding tert-OH is 1. The van der Waals surface area contributed by atoms with E-state index in [0.717, 1.165) is 9.95 Å². The molecule has 5 atom stereocenters. The average molecular weight is 638 g/mol. The minimum Gasteiger partial charge on any atom is -0.465 e. The monoisotopic (exact) mass is 637 g/mol. The molecule has 1 aromatic heterocycles. The van der Waals surface area contributed by atoms with Crippen LogP contribution in [0.4, 0.5) is 0 Å². The highest BCUT2D eigenvalue weighted by Gasteiger charge is 2.39. The van der Waals surface area contributed by atoms with Gasteiger partial charge in [0.1, 0.15) is 24.1 Å². The van der Waals surface area contributed by atoms with E-state index in [2.05, 4.69) is 26.0 Å². The fourth-order valence-electron chi connectivity index (χ4n) is 4.16. The number of hydrogen-bond donors (Lipinski definition) is 3. The van der Waals surface area contributed by atoms with Gasteiger partial charge in [-0.05, 0) is 36.4 Å². The first kappa shape index (κ1) is 29.9. The van der Waals surface area contributed by atoms with E-state index >= 15 is 0 Å². The Bertz CT molecular complexity index is 1550. The molecule has 0 amide bonds. The number of halogens is 1. The topological polar surface area (TPSA) is 158 Å². The lowest BCUT2D eigenvalue weighted by Crippen LogP contribution is -2.36. The fourth-order valence-corrected chi connectivity index (χ4v) is 5.97. The van der Waals surface area contributed by atoms with Crippen LogP contribution in [0, 0.1) is 0 Å². The number of esters is 1. The van der Waals surface area contributed by atoms with Gasteiger partial charge in [-0.2, -0.15) is 5.09 Å². The standard InChI is InChI=1S/C26H29BrN3O9P/c1-3-36-25(33)16(2)29-40(35,39-21-10-6-8-17-7-4-5-9-19(17)21)37-15-22-20(31)13-23(38-22)30-14-18(11-12-27)24(32)28-26(30)34/h4-12,14,16,20,22-23,31H,3,13,15H2,1-2H3,(H,29,35)(H,28,32,34)/b12-11+/t16-,20-,22+,23+,40?/m0/s1. The van der Waals surface area contributed by atoms with Gasteiger partial charge < -0.3 is 19.1 Å². The molecule has 1 fully saturated rings. The smallest absolute Gasteiger partial charge is 0.459 e. The van der Waals surface area contributed by atoms with Crippen LogP contribution in [0.5, 0.6) is 5.75 Å². The minimum atomic E-state index is -4.26. The third-order valence-corrected chi connectivity index (χ3v) is 8.02. The van der Waals surface area contributed by atoms with Crippen molar-refractivity contribution in [2.75, 3.05) is 13.2 Å². The Labute approximate surface area is 237 Å². The Hall–Kier alpha value is -3.06. The van der Waals surface area contributed by atoms with Crippen LogP contribution in [0.15, 0.2) is 63.2 Å². The van der Waals surface area contributed by atoms with Crippen LogP contribution in [0.2, 0.25) is 0 Å². The lowest BCUT2D eigenvalue weighted by molar-refractivity contribution is -0.144. The zero-order valence-electron chi connectivity index (χ0n) is 21.7. The van der Waals surface area contributed by atoms with Gasteiger partial charge in [-0.25, -0.2) is 9.36 Å². The second-order valence-electron chi connectivity index (χ2n) is 8.94. The van der Waals surface area contributed by atoms with E-state index in [1.165, 1.54) is 24.2 Å². The molecule has 0 radical (unpaired) electrons. The molecule has 0 saturated carbocycles. The van der Waals surface area contributed by atoms with Crippen molar-refractivity contribution in [3.05, 3.63) is 80.0 Å². The summed E-state index contributed by atoms with van der Waals surface area (Å²) < 4.78 is 37.5. The lowest BCUT2D eigenvalue weighted by Gasteiger charge is -2.25. The van der Waals surface area contributed by atoms with E-state index in [0.29, 0.717) is 5.39 Å². The van der Waals surface area contributed by atoms with Crippen molar-refractivity contribution in [2.24, 2.45) is 0 Å². The highest BCUT2D eigenvalue weighted by atomic mass is 79.9. The first-order valence-corrected chi connectivity index (χ1v) is 14.9. The molecule has 14 heteroatoms. The molecule has 1 aliphatic heterocycles. The molecular weight excluding hydrogens is 609 g/mol. The molecule has 0 spiro atoms. The molecule has 4 rings (SSSR count). The van der Waals surface area contributed by atoms with Crippen molar-refractivity contribution in [1.82, 2.24) is 14.6 Å². The Morgan fingerprint density at radius 1 is 1.30 bits per heavy atom. The van der Waals surface area contributed by atoms with Crippen molar-refractivity contribution in [3.8, 4) is 5.75 Å². The first-order valence-electron chi connectivity index (χ1n) is 12.5. The number of aromatic nitrogens is 2. The highest BCUT2D eigenvalue weighted by Crippen LogP contribution is 2.47. The van der Waals surface area contributed by atoms with Crippen LogP contribution < -0.4 is 20.9 Å². The SMILES string of the molecule is CCOC(=O)[C@H](C)NP(=O)(OC[C@H]1O[C@@H](n2cc(/C=C/Br)c(=O)[nH]c2=O)C[C@@H]1O)Oc1cccc2ccccc12. The number of aliphatic hydroxyl groups is 1. The second-order valence-corrected chi connectivity index (χ2v) is 11.2. The summed E-state index contributed by atoms with van der Waals surface area (Å²) in [6.45, 7) is 2.82. The van der Waals surface area contributed by atoms with Gasteiger partial charge in [-0.15, -0.1) is 0 Å². The predicted octanol–water partition coefficient (Wildman–Crippen LogP) is 3.45. The quantitative estimate of drug-likeness (QED) is 0.210. The summed E-state index contributed by atoms with van der Waals surface area (Å²) in [4.78, 5) is 40.4. The van der Waals surface area contributed by atoms with Crippen LogP contribution in [-0.4, -0.2) is 52.1 Å². The molecule has 1 aliphatic rings. The number of H-pyrrole nitrogens is 1. The van der Waals surface area contributed by atoms with Gasteiger partial charge in [0.25, 0.3) is 5.56 Å². The van der Waals surface area contributed by atoms with Crippen molar-refractivity contribution in [2.45, 2.75) is 44.7 Å². The number of nitrogens with one attached hydrogen (secondary N) is 2. The summed E-state index contributed by atoms with van der Waals surface area (Å²) in [5.74, 6) is -0.404. The second kappa shape index (κ2) is 13.1. The summed E-state index contributed by atoms with van der Waals surface area (Å²) in [6, 6.07) is 11.5. The largest absolute Gasteiger partial charge is 0.465 e. The molecule has 3 aromatic rings. The Morgan fingerprint density at radius 2 is 2.05 bits per heavy atom. The Morgan fingerprint density at radius 3 is 2.80 bits per heavy atom. The summed E-state index contributed by atoms with van der Waals surface area (Å²) in [6.07, 6.45) is -0.274. The van der Waals surface area contributed by atoms with Crippen LogP contribution in [0.3, 0.4) is 0 Å². The summed E-state index contributed by atoms with van der Waals surface area (Å²) in [5.41, 5.74) is -1.10. The van der Waals surface area contributed by atoms with E-state index in [1.54, 1.807) is 31.2 Å². The number of benzene rings is 2. The molecule has 40 heavy (non-hydrogen) atoms. The van der Waals surface area contributed by atoms with Gasteiger partial charge in [-0.3, -0.25) is 23.7 Å². The third kappa shape index (κ3) is 6.98. The maximum absolute atomic E-state index is 14.0. The van der Waals surface area contributed by atoms with E-state index in [-0.39, 0.29) is 24.3 Å². The van der Waals surface area contributed by atoms with Crippen molar-refractivity contribution in [3.63, 3.8) is 0 Å². The van der Waals surface area contributed by atoms with Gasteiger partial charge in [0, 0.05) is 18.0 Å². The molecule has 1 saturated heterocycles. The average Bonchev–Trinajstić information content (AvgIpc) is 3.29. The molecule has 2 heterocycles. The molecular formula is C26H29BrN3O9P. The van der Waals surface area contributed by atoms with E-state index in [4.69, 9.17) is 18.5 Å². The molecule has 12 nitrogen and oxygen atoms in total. The molecule has 0 bridgehead atoms. The maximum atomic E-state index is 14.0. The number of aromatic amines is 1. The molecule has 214 valence electrons. The molecule has 3 N–H and O–H groups in total. The zero-order valence-corrected chi connectivity index (χ0v) is 24.2. The van der Waals surface area contributed by atoms with Crippen molar-refractivity contribution in [1.29, 1.82) is 0 Å². The van der Waals surface area contributed by atoms with E-state index in [1.807, 2.05) is 18.2 Å². The number of carbonyl (C=O) groups excluding carboxylic acids is 1. The minimum absolute atomic E-state index is 0.00141. The Kier molecular flexibility index (Phi) is 9.77. The van der Waals surface area contributed by atoms with E-state index in [9.17, 15) is 24.1 Å². The Balaban J connectivity index is 1.55. The number of hydrogen-bond acceptors (Lipinski definition) is 9. The zero-order chi connectivity index (χ0) is 28.9. The van der Waals surface area contributed by atoms with Gasteiger partial charge in [0.2, 0.25) is 0 Å². The number of rotatable bonds is 11. The lowest BCUT2D eigenvalue weighted by atomic mass is 10.1. The van der Waals surface area contributed by atoms with Gasteiger partial charge in [0.05, 0.1) is 24.9 Å². The highest BCUT2D eigenvalue weighted by molar-refractivity contribution is 9.11. The number of carbonyl (C=O) groups is 1. The predicted molar refractivity (Wildman–Crippen MR) is 151 cm³/mol. The van der Waals surface area contributed by atoms with Crippen LogP contribution in [0.1, 0.15) is 32.1 Å². The number of ether oxygens (including phenoxy) is 2.